The minimum Gasteiger partial charge on any atom is -0.486 e. The summed E-state index contributed by atoms with van der Waals surface area (Å²) in [7, 11) is 0. The number of fused-ring (bicyclic) bond motifs is 2. The van der Waals surface area contributed by atoms with E-state index in [4.69, 9.17) is 9.47 Å². The van der Waals surface area contributed by atoms with Crippen molar-refractivity contribution in [3.05, 3.63) is 42.5 Å². The molecule has 0 unspecified atom stereocenters. The van der Waals surface area contributed by atoms with Gasteiger partial charge in [-0.1, -0.05) is 23.5 Å². The minimum absolute atomic E-state index is 0.0823. The summed E-state index contributed by atoms with van der Waals surface area (Å²) in [6.45, 7) is 1.33. The fourth-order valence-electron chi connectivity index (χ4n) is 3.47. The molecule has 3 heterocycles. The third-order valence-corrected chi connectivity index (χ3v) is 5.81. The van der Waals surface area contributed by atoms with E-state index in [2.05, 4.69) is 10.3 Å². The first-order valence-corrected chi connectivity index (χ1v) is 9.85. The van der Waals surface area contributed by atoms with E-state index in [9.17, 15) is 9.59 Å². The largest absolute Gasteiger partial charge is 0.486 e. The lowest BCUT2D eigenvalue weighted by Gasteiger charge is -2.22. The van der Waals surface area contributed by atoms with Gasteiger partial charge in [-0.2, -0.15) is 0 Å². The average molecular weight is 395 g/mol. The van der Waals surface area contributed by atoms with Crippen molar-refractivity contribution in [2.45, 2.75) is 6.42 Å². The Kier molecular flexibility index (Phi) is 4.12. The fraction of sp³-hybridized carbons (Fsp3) is 0.250. The molecule has 1 atom stereocenters. The number of anilines is 2. The van der Waals surface area contributed by atoms with Gasteiger partial charge in [0.15, 0.2) is 16.6 Å². The number of carbonyl (C=O) groups is 2. The van der Waals surface area contributed by atoms with Crippen LogP contribution in [0.25, 0.3) is 10.2 Å². The van der Waals surface area contributed by atoms with Gasteiger partial charge in [0.25, 0.3) is 0 Å². The Morgan fingerprint density at radius 3 is 2.82 bits per heavy atom. The highest BCUT2D eigenvalue weighted by Crippen LogP contribution is 2.36. The Balaban J connectivity index is 1.31. The number of rotatable bonds is 3. The maximum atomic E-state index is 12.7. The van der Waals surface area contributed by atoms with Crippen molar-refractivity contribution in [1.82, 2.24) is 4.98 Å². The standard InChI is InChI=1S/C20H17N3O4S/c24-18-9-12(19(25)22-20-21-14-3-1-2-4-17(14)28-20)11-23(18)13-5-6-15-16(10-13)27-8-7-26-15/h1-6,10,12H,7-9,11H2,(H,21,22,25)/t12-/m1/s1. The van der Waals surface area contributed by atoms with E-state index in [1.807, 2.05) is 30.3 Å². The summed E-state index contributed by atoms with van der Waals surface area (Å²) < 4.78 is 12.1. The molecule has 1 N–H and O–H groups in total. The minimum atomic E-state index is -0.423. The van der Waals surface area contributed by atoms with Gasteiger partial charge in [-0.25, -0.2) is 4.98 Å². The first-order valence-electron chi connectivity index (χ1n) is 9.04. The van der Waals surface area contributed by atoms with Gasteiger partial charge in [-0.15, -0.1) is 0 Å². The van der Waals surface area contributed by atoms with Crippen molar-refractivity contribution in [1.29, 1.82) is 0 Å². The molecule has 2 amide bonds. The average Bonchev–Trinajstić information content (AvgIpc) is 3.30. The third kappa shape index (κ3) is 3.05. The normalized spacial score (nSPS) is 18.5. The summed E-state index contributed by atoms with van der Waals surface area (Å²) in [5.74, 6) is 0.604. The first-order chi connectivity index (χ1) is 13.7. The molecule has 142 valence electrons. The molecule has 0 aliphatic carbocycles. The highest BCUT2D eigenvalue weighted by molar-refractivity contribution is 7.22. The highest BCUT2D eigenvalue weighted by atomic mass is 32.1. The monoisotopic (exact) mass is 395 g/mol. The lowest BCUT2D eigenvalue weighted by molar-refractivity contribution is -0.122. The van der Waals surface area contributed by atoms with Crippen molar-refractivity contribution in [3.8, 4) is 11.5 Å². The van der Waals surface area contributed by atoms with Gasteiger partial charge in [-0.05, 0) is 24.3 Å². The molecule has 0 spiro atoms. The Morgan fingerprint density at radius 1 is 1.14 bits per heavy atom. The van der Waals surface area contributed by atoms with Crippen molar-refractivity contribution >= 4 is 44.2 Å². The quantitative estimate of drug-likeness (QED) is 0.737. The van der Waals surface area contributed by atoms with Crippen LogP contribution in [0.1, 0.15) is 6.42 Å². The van der Waals surface area contributed by atoms with Gasteiger partial charge in [0, 0.05) is 24.7 Å². The van der Waals surface area contributed by atoms with Gasteiger partial charge < -0.3 is 19.7 Å². The van der Waals surface area contributed by atoms with Crippen LogP contribution in [0.4, 0.5) is 10.8 Å². The van der Waals surface area contributed by atoms with Crippen LogP contribution in [0.5, 0.6) is 11.5 Å². The van der Waals surface area contributed by atoms with Gasteiger partial charge in [0.1, 0.15) is 13.2 Å². The zero-order valence-electron chi connectivity index (χ0n) is 14.9. The molecule has 2 aromatic carbocycles. The molecular formula is C20H17N3O4S. The molecule has 0 radical (unpaired) electrons. The number of ether oxygens (including phenoxy) is 2. The molecule has 1 fully saturated rings. The molecule has 28 heavy (non-hydrogen) atoms. The van der Waals surface area contributed by atoms with E-state index in [-0.39, 0.29) is 18.2 Å². The summed E-state index contributed by atoms with van der Waals surface area (Å²) in [4.78, 5) is 31.2. The number of aromatic nitrogens is 1. The molecule has 1 aromatic heterocycles. The Bertz CT molecular complexity index is 1050. The second-order valence-corrected chi connectivity index (χ2v) is 7.74. The second kappa shape index (κ2) is 6.79. The zero-order valence-corrected chi connectivity index (χ0v) is 15.7. The summed E-state index contributed by atoms with van der Waals surface area (Å²) in [5.41, 5.74) is 1.56. The number of nitrogens with zero attached hydrogens (tertiary/aromatic N) is 2. The van der Waals surface area contributed by atoms with Crippen LogP contribution in [-0.4, -0.2) is 36.6 Å². The first kappa shape index (κ1) is 17.0. The molecule has 2 aliphatic heterocycles. The Hall–Kier alpha value is -3.13. The Morgan fingerprint density at radius 2 is 1.96 bits per heavy atom. The van der Waals surface area contributed by atoms with E-state index >= 15 is 0 Å². The number of nitrogens with one attached hydrogen (secondary N) is 1. The van der Waals surface area contributed by atoms with Gasteiger partial charge in [0.05, 0.1) is 16.1 Å². The van der Waals surface area contributed by atoms with Gasteiger partial charge >= 0.3 is 0 Å². The van der Waals surface area contributed by atoms with Crippen molar-refractivity contribution in [2.24, 2.45) is 5.92 Å². The van der Waals surface area contributed by atoms with Crippen molar-refractivity contribution in [2.75, 3.05) is 30.0 Å². The molecule has 7 nitrogen and oxygen atoms in total. The zero-order chi connectivity index (χ0) is 19.1. The third-order valence-electron chi connectivity index (χ3n) is 4.86. The molecule has 0 saturated carbocycles. The lowest BCUT2D eigenvalue weighted by Crippen LogP contribution is -2.28. The molecule has 8 heteroatoms. The maximum Gasteiger partial charge on any atom is 0.231 e. The number of hydrogen-bond donors (Lipinski definition) is 1. The SMILES string of the molecule is O=C(Nc1nc2ccccc2s1)[C@@H]1CC(=O)N(c2ccc3c(c2)OCCO3)C1. The van der Waals surface area contributed by atoms with Crippen LogP contribution in [0.3, 0.4) is 0 Å². The number of carbonyl (C=O) groups excluding carboxylic acids is 2. The van der Waals surface area contributed by atoms with Crippen molar-refractivity contribution < 1.29 is 19.1 Å². The Labute approximate surface area is 164 Å². The molecule has 0 bridgehead atoms. The molecule has 5 rings (SSSR count). The van der Waals surface area contributed by atoms with Crippen LogP contribution in [0.15, 0.2) is 42.5 Å². The molecule has 2 aliphatic rings. The number of thiazole rings is 1. The molecule has 1 saturated heterocycles. The maximum absolute atomic E-state index is 12.7. The second-order valence-electron chi connectivity index (χ2n) is 6.71. The topological polar surface area (TPSA) is 80.8 Å². The summed E-state index contributed by atoms with van der Waals surface area (Å²) in [6, 6.07) is 13.1. The lowest BCUT2D eigenvalue weighted by atomic mass is 10.1. The predicted octanol–water partition coefficient (Wildman–Crippen LogP) is 3.06. The predicted molar refractivity (Wildman–Crippen MR) is 106 cm³/mol. The van der Waals surface area contributed by atoms with E-state index in [0.717, 1.165) is 10.2 Å². The van der Waals surface area contributed by atoms with E-state index in [0.29, 0.717) is 42.1 Å². The molecule has 3 aromatic rings. The molecular weight excluding hydrogens is 378 g/mol. The summed E-state index contributed by atoms with van der Waals surface area (Å²) in [5, 5.41) is 3.41. The van der Waals surface area contributed by atoms with Gasteiger partial charge in [0.2, 0.25) is 11.8 Å². The number of amides is 2. The van der Waals surface area contributed by atoms with Crippen LogP contribution in [0, 0.1) is 5.92 Å². The van der Waals surface area contributed by atoms with Crippen LogP contribution in [0.2, 0.25) is 0 Å². The smallest absolute Gasteiger partial charge is 0.231 e. The summed E-state index contributed by atoms with van der Waals surface area (Å²) >= 11 is 1.43. The van der Waals surface area contributed by atoms with E-state index in [1.54, 1.807) is 17.0 Å². The highest BCUT2D eigenvalue weighted by Gasteiger charge is 2.36. The fourth-order valence-corrected chi connectivity index (χ4v) is 4.33. The number of benzene rings is 2. The van der Waals surface area contributed by atoms with E-state index in [1.165, 1.54) is 11.3 Å². The number of para-hydroxylation sites is 1. The van der Waals surface area contributed by atoms with Crippen LogP contribution < -0.4 is 19.7 Å². The number of hydrogen-bond acceptors (Lipinski definition) is 6. The van der Waals surface area contributed by atoms with E-state index < -0.39 is 5.92 Å². The van der Waals surface area contributed by atoms with Crippen LogP contribution >= 0.6 is 11.3 Å². The van der Waals surface area contributed by atoms with Crippen LogP contribution in [-0.2, 0) is 9.59 Å². The summed E-state index contributed by atoms with van der Waals surface area (Å²) in [6.07, 6.45) is 0.172. The van der Waals surface area contributed by atoms with Gasteiger partial charge in [-0.3, -0.25) is 9.59 Å². The van der Waals surface area contributed by atoms with Crippen molar-refractivity contribution in [3.63, 3.8) is 0 Å².